The normalized spacial score (nSPS) is 23.7. The first-order valence-electron chi connectivity index (χ1n) is 6.47. The fourth-order valence-electron chi connectivity index (χ4n) is 1.64. The summed E-state index contributed by atoms with van der Waals surface area (Å²) >= 11 is 0. The van der Waals surface area contributed by atoms with Gasteiger partial charge >= 0.3 is 7.60 Å². The molecule has 6 heteroatoms. The Morgan fingerprint density at radius 3 is 2.37 bits per heavy atom. The zero-order valence-electron chi connectivity index (χ0n) is 12.0. The van der Waals surface area contributed by atoms with Crippen LogP contribution >= 0.6 is 7.60 Å². The average molecular weight is 290 g/mol. The largest absolute Gasteiger partial charge is 0.354 e. The molecular weight excluding hydrogens is 267 g/mol. The molecule has 1 aliphatic heterocycles. The number of rotatable bonds is 7. The minimum atomic E-state index is -3.11. The lowest BCUT2D eigenvalue weighted by Crippen LogP contribution is -2.20. The van der Waals surface area contributed by atoms with Crippen LogP contribution in [0.15, 0.2) is 24.0 Å². The van der Waals surface area contributed by atoms with E-state index >= 15 is 0 Å². The zero-order valence-corrected chi connectivity index (χ0v) is 12.9. The third-order valence-corrected chi connectivity index (χ3v) is 4.13. The second-order valence-electron chi connectivity index (χ2n) is 4.47. The van der Waals surface area contributed by atoms with Crippen LogP contribution < -0.4 is 0 Å². The van der Waals surface area contributed by atoms with Gasteiger partial charge in [-0.1, -0.05) is 18.2 Å². The topological polar surface area (TPSA) is 54.0 Å². The van der Waals surface area contributed by atoms with Crippen molar-refractivity contribution in [3.8, 4) is 0 Å². The molecule has 0 saturated carbocycles. The van der Waals surface area contributed by atoms with Crippen LogP contribution in [0, 0.1) is 0 Å². The second-order valence-corrected chi connectivity index (χ2v) is 6.36. The third kappa shape index (κ3) is 6.02. The van der Waals surface area contributed by atoms with Gasteiger partial charge in [0.1, 0.15) is 6.10 Å². The van der Waals surface area contributed by atoms with E-state index in [1.54, 1.807) is 26.0 Å². The molecule has 0 N–H and O–H groups in total. The van der Waals surface area contributed by atoms with Crippen LogP contribution in [-0.4, -0.2) is 31.7 Å². The summed E-state index contributed by atoms with van der Waals surface area (Å²) in [6.07, 6.45) is 5.19. The van der Waals surface area contributed by atoms with Gasteiger partial charge in [0.2, 0.25) is 0 Å². The second kappa shape index (κ2) is 7.36. The Balaban J connectivity index is 2.50. The summed E-state index contributed by atoms with van der Waals surface area (Å²) < 4.78 is 33.4. The van der Waals surface area contributed by atoms with Gasteiger partial charge in [-0.05, 0) is 27.7 Å². The molecule has 19 heavy (non-hydrogen) atoms. The minimum absolute atomic E-state index is 0.0850. The molecule has 1 fully saturated rings. The average Bonchev–Trinajstić information content (AvgIpc) is 2.65. The summed E-state index contributed by atoms with van der Waals surface area (Å²) in [5, 5.41) is 0. The molecule has 0 aromatic heterocycles. The lowest BCUT2D eigenvalue weighted by Gasteiger charge is -2.15. The molecule has 0 aromatic rings. The fraction of sp³-hybridized carbons (Fsp3) is 0.692. The van der Waals surface area contributed by atoms with E-state index < -0.39 is 13.4 Å². The smallest absolute Gasteiger partial charge is 0.347 e. The molecule has 110 valence electrons. The minimum Gasteiger partial charge on any atom is -0.347 e. The predicted octanol–water partition coefficient (Wildman–Crippen LogP) is 3.47. The summed E-state index contributed by atoms with van der Waals surface area (Å²) in [6.45, 7) is 8.51. The Kier molecular flexibility index (Phi) is 6.43. The van der Waals surface area contributed by atoms with Crippen molar-refractivity contribution in [2.45, 2.75) is 39.6 Å². The molecule has 0 radical (unpaired) electrons. The lowest BCUT2D eigenvalue weighted by molar-refractivity contribution is -0.133. The molecule has 1 saturated heterocycles. The maximum absolute atomic E-state index is 12.1. The Labute approximate surface area is 115 Å². The maximum atomic E-state index is 12.1. The molecule has 0 amide bonds. The quantitative estimate of drug-likeness (QED) is 0.531. The van der Waals surface area contributed by atoms with Crippen molar-refractivity contribution in [1.29, 1.82) is 0 Å². The van der Waals surface area contributed by atoms with Gasteiger partial charge in [-0.2, -0.15) is 0 Å². The van der Waals surface area contributed by atoms with E-state index in [0.717, 1.165) is 0 Å². The molecule has 1 aliphatic rings. The summed E-state index contributed by atoms with van der Waals surface area (Å²) in [4.78, 5) is 0. The van der Waals surface area contributed by atoms with E-state index in [-0.39, 0.29) is 6.10 Å². The van der Waals surface area contributed by atoms with Crippen LogP contribution in [0.3, 0.4) is 0 Å². The van der Waals surface area contributed by atoms with Crippen LogP contribution in [0.25, 0.3) is 0 Å². The highest BCUT2D eigenvalue weighted by Gasteiger charge is 2.30. The van der Waals surface area contributed by atoms with Gasteiger partial charge in [-0.3, -0.25) is 4.57 Å². The molecule has 5 nitrogen and oxygen atoms in total. The number of hydrogen-bond acceptors (Lipinski definition) is 5. The van der Waals surface area contributed by atoms with Crippen molar-refractivity contribution >= 4 is 7.60 Å². The van der Waals surface area contributed by atoms with E-state index in [0.29, 0.717) is 19.8 Å². The standard InChI is InChI=1S/C13H23O5P/c1-5-16-19(14,17-6-2)10-8-7-9-12-11-15-13(3,4)18-12/h7-10,12H,5-6,11H2,1-4H3/b9-7+,10-8-/t12-/m0/s1. The summed E-state index contributed by atoms with van der Waals surface area (Å²) in [5.41, 5.74) is 0. The summed E-state index contributed by atoms with van der Waals surface area (Å²) in [6, 6.07) is 0. The van der Waals surface area contributed by atoms with Gasteiger partial charge < -0.3 is 18.5 Å². The first-order valence-corrected chi connectivity index (χ1v) is 8.08. The van der Waals surface area contributed by atoms with Crippen molar-refractivity contribution in [2.75, 3.05) is 19.8 Å². The van der Waals surface area contributed by atoms with Gasteiger partial charge in [-0.15, -0.1) is 0 Å². The van der Waals surface area contributed by atoms with E-state index in [1.807, 2.05) is 19.9 Å². The fourth-order valence-corrected chi connectivity index (χ4v) is 2.91. The van der Waals surface area contributed by atoms with E-state index in [4.69, 9.17) is 18.5 Å². The summed E-state index contributed by atoms with van der Waals surface area (Å²) in [5.74, 6) is 0.919. The Morgan fingerprint density at radius 2 is 1.89 bits per heavy atom. The number of ether oxygens (including phenoxy) is 2. The molecule has 0 bridgehead atoms. The first-order chi connectivity index (χ1) is 8.91. The van der Waals surface area contributed by atoms with Crippen LogP contribution in [0.4, 0.5) is 0 Å². The van der Waals surface area contributed by atoms with Gasteiger partial charge in [-0.25, -0.2) is 0 Å². The van der Waals surface area contributed by atoms with E-state index in [2.05, 4.69) is 0 Å². The van der Waals surface area contributed by atoms with Crippen molar-refractivity contribution in [1.82, 2.24) is 0 Å². The van der Waals surface area contributed by atoms with Crippen LogP contribution in [-0.2, 0) is 23.1 Å². The van der Waals surface area contributed by atoms with Gasteiger partial charge in [0, 0.05) is 5.82 Å². The molecule has 0 aromatic carbocycles. The highest BCUT2D eigenvalue weighted by molar-refractivity contribution is 7.57. The monoisotopic (exact) mass is 290 g/mol. The summed E-state index contributed by atoms with van der Waals surface area (Å²) in [7, 11) is -3.11. The van der Waals surface area contributed by atoms with Gasteiger partial charge in [0.25, 0.3) is 0 Å². The first kappa shape index (κ1) is 16.6. The molecule has 0 unspecified atom stereocenters. The molecule has 1 atom stereocenters. The van der Waals surface area contributed by atoms with Crippen molar-refractivity contribution in [3.05, 3.63) is 24.0 Å². The highest BCUT2D eigenvalue weighted by atomic mass is 31.2. The van der Waals surface area contributed by atoms with Crippen molar-refractivity contribution < 1.29 is 23.1 Å². The van der Waals surface area contributed by atoms with Crippen molar-refractivity contribution in [3.63, 3.8) is 0 Å². The zero-order chi connectivity index (χ0) is 14.4. The maximum Gasteiger partial charge on any atom is 0.354 e. The van der Waals surface area contributed by atoms with Crippen LogP contribution in [0.1, 0.15) is 27.7 Å². The number of hydrogen-bond donors (Lipinski definition) is 0. The Hall–Kier alpha value is -0.450. The van der Waals surface area contributed by atoms with E-state index in [1.165, 1.54) is 5.82 Å². The molecule has 1 heterocycles. The van der Waals surface area contributed by atoms with E-state index in [9.17, 15) is 4.57 Å². The molecule has 0 aliphatic carbocycles. The SMILES string of the molecule is CCOP(=O)(/C=C\C=C\[C@H]1COC(C)(C)O1)OCC. The van der Waals surface area contributed by atoms with Crippen LogP contribution in [0.5, 0.6) is 0 Å². The third-order valence-electron chi connectivity index (χ3n) is 2.35. The highest BCUT2D eigenvalue weighted by Crippen LogP contribution is 2.49. The molecule has 1 rings (SSSR count). The Bertz CT molecular complexity index is 365. The van der Waals surface area contributed by atoms with Gasteiger partial charge in [0.05, 0.1) is 19.8 Å². The molecular formula is C13H23O5P. The lowest BCUT2D eigenvalue weighted by atomic mass is 10.3. The predicted molar refractivity (Wildman–Crippen MR) is 74.0 cm³/mol. The Morgan fingerprint density at radius 1 is 1.26 bits per heavy atom. The van der Waals surface area contributed by atoms with Crippen molar-refractivity contribution in [2.24, 2.45) is 0 Å². The molecule has 0 spiro atoms. The van der Waals surface area contributed by atoms with Gasteiger partial charge in [0.15, 0.2) is 5.79 Å². The van der Waals surface area contributed by atoms with Crippen LogP contribution in [0.2, 0.25) is 0 Å². The number of allylic oxidation sites excluding steroid dienone is 2.